The lowest BCUT2D eigenvalue weighted by Crippen LogP contribution is -2.35. The van der Waals surface area contributed by atoms with E-state index in [2.05, 4.69) is 10.6 Å². The van der Waals surface area contributed by atoms with Gasteiger partial charge < -0.3 is 15.7 Å². The van der Waals surface area contributed by atoms with Gasteiger partial charge in [-0.15, -0.1) is 11.8 Å². The zero-order valence-corrected chi connectivity index (χ0v) is 14.6. The molecule has 2 rings (SSSR count). The van der Waals surface area contributed by atoms with Crippen molar-refractivity contribution in [2.24, 2.45) is 0 Å². The van der Waals surface area contributed by atoms with E-state index in [9.17, 15) is 14.4 Å². The third kappa shape index (κ3) is 5.72. The van der Waals surface area contributed by atoms with Gasteiger partial charge in [-0.3, -0.25) is 14.4 Å². The summed E-state index contributed by atoms with van der Waals surface area (Å²) in [6, 6.07) is 5.27. The van der Waals surface area contributed by atoms with Crippen molar-refractivity contribution in [3.63, 3.8) is 0 Å². The maximum atomic E-state index is 12.1. The second kappa shape index (κ2) is 8.94. The van der Waals surface area contributed by atoms with E-state index in [1.54, 1.807) is 12.1 Å². The molecule has 1 heterocycles. The van der Waals surface area contributed by atoms with Crippen molar-refractivity contribution in [1.29, 1.82) is 0 Å². The van der Waals surface area contributed by atoms with Gasteiger partial charge in [0.25, 0.3) is 0 Å². The molecule has 0 fully saturated rings. The smallest absolute Gasteiger partial charge is 0.303 e. The molecule has 0 aliphatic carbocycles. The first-order chi connectivity index (χ1) is 11.5. The first kappa shape index (κ1) is 18.6. The van der Waals surface area contributed by atoms with Gasteiger partial charge in [0.15, 0.2) is 0 Å². The second-order valence-corrected chi connectivity index (χ2v) is 7.18. The van der Waals surface area contributed by atoms with E-state index in [0.29, 0.717) is 23.7 Å². The molecule has 0 saturated heterocycles. The molecular weight excluding hydrogens is 352 g/mol. The van der Waals surface area contributed by atoms with Gasteiger partial charge in [-0.1, -0.05) is 18.0 Å². The fraction of sp³-hybridized carbons (Fsp3) is 0.438. The van der Waals surface area contributed by atoms with E-state index in [1.807, 2.05) is 6.07 Å². The molecular formula is C16H19ClN2O4S. The van der Waals surface area contributed by atoms with Crippen LogP contribution in [0.15, 0.2) is 23.1 Å². The van der Waals surface area contributed by atoms with Gasteiger partial charge in [0, 0.05) is 29.3 Å². The molecule has 24 heavy (non-hydrogen) atoms. The normalized spacial score (nSPS) is 16.2. The lowest BCUT2D eigenvalue weighted by Gasteiger charge is -2.23. The highest BCUT2D eigenvalue weighted by molar-refractivity contribution is 8.01. The minimum atomic E-state index is -0.805. The minimum absolute atomic E-state index is 0.105. The van der Waals surface area contributed by atoms with Gasteiger partial charge in [-0.05, 0) is 31.0 Å². The lowest BCUT2D eigenvalue weighted by molar-refractivity contribution is -0.137. The molecule has 1 unspecified atom stereocenters. The number of amides is 2. The molecule has 0 spiro atoms. The van der Waals surface area contributed by atoms with Crippen LogP contribution in [0, 0.1) is 0 Å². The average molecular weight is 371 g/mol. The SMILES string of the molecule is O=C(O)CCCCCNC(=O)CC1Sc2ccc(Cl)cc2NC1=O. The fourth-order valence-electron chi connectivity index (χ4n) is 2.30. The number of unbranched alkanes of at least 4 members (excludes halogenated alkanes) is 2. The molecule has 0 aromatic heterocycles. The molecule has 1 aromatic carbocycles. The summed E-state index contributed by atoms with van der Waals surface area (Å²) in [4.78, 5) is 35.3. The summed E-state index contributed by atoms with van der Waals surface area (Å²) in [5.74, 6) is -1.19. The van der Waals surface area contributed by atoms with Crippen molar-refractivity contribution in [2.75, 3.05) is 11.9 Å². The molecule has 2 amide bonds. The first-order valence-corrected chi connectivity index (χ1v) is 8.97. The van der Waals surface area contributed by atoms with Gasteiger partial charge in [0.2, 0.25) is 11.8 Å². The number of benzene rings is 1. The van der Waals surface area contributed by atoms with E-state index in [-0.39, 0.29) is 24.7 Å². The molecule has 130 valence electrons. The quantitative estimate of drug-likeness (QED) is 0.611. The summed E-state index contributed by atoms with van der Waals surface area (Å²) in [6.07, 6.45) is 2.33. The van der Waals surface area contributed by atoms with E-state index in [0.717, 1.165) is 17.7 Å². The number of fused-ring (bicyclic) bond motifs is 1. The summed E-state index contributed by atoms with van der Waals surface area (Å²) >= 11 is 7.25. The molecule has 6 nitrogen and oxygen atoms in total. The third-order valence-electron chi connectivity index (χ3n) is 3.52. The van der Waals surface area contributed by atoms with Crippen molar-refractivity contribution in [1.82, 2.24) is 5.32 Å². The monoisotopic (exact) mass is 370 g/mol. The predicted molar refractivity (Wildman–Crippen MR) is 93.5 cm³/mol. The molecule has 1 aliphatic heterocycles. The number of carbonyl (C=O) groups excluding carboxylic acids is 2. The lowest BCUT2D eigenvalue weighted by atomic mass is 10.2. The third-order valence-corrected chi connectivity index (χ3v) is 5.03. The van der Waals surface area contributed by atoms with Crippen molar-refractivity contribution in [3.8, 4) is 0 Å². The van der Waals surface area contributed by atoms with Crippen LogP contribution in [-0.2, 0) is 14.4 Å². The molecule has 1 aromatic rings. The van der Waals surface area contributed by atoms with Gasteiger partial charge in [0.05, 0.1) is 10.9 Å². The van der Waals surface area contributed by atoms with Crippen LogP contribution < -0.4 is 10.6 Å². The molecule has 0 saturated carbocycles. The Hall–Kier alpha value is -1.73. The Labute approximate surface area is 149 Å². The Kier molecular flexibility index (Phi) is 6.93. The number of carboxylic acid groups (broad SMARTS) is 1. The highest BCUT2D eigenvalue weighted by Crippen LogP contribution is 2.38. The van der Waals surface area contributed by atoms with E-state index >= 15 is 0 Å². The molecule has 1 aliphatic rings. The Morgan fingerprint density at radius 3 is 2.83 bits per heavy atom. The predicted octanol–water partition coefficient (Wildman–Crippen LogP) is 2.90. The number of aliphatic carboxylic acids is 1. The Morgan fingerprint density at radius 1 is 1.29 bits per heavy atom. The largest absolute Gasteiger partial charge is 0.481 e. The van der Waals surface area contributed by atoms with Crippen LogP contribution in [0.5, 0.6) is 0 Å². The fourth-order valence-corrected chi connectivity index (χ4v) is 3.57. The molecule has 0 bridgehead atoms. The maximum absolute atomic E-state index is 12.1. The number of rotatable bonds is 8. The van der Waals surface area contributed by atoms with Gasteiger partial charge in [-0.2, -0.15) is 0 Å². The van der Waals surface area contributed by atoms with Crippen LogP contribution in [0.25, 0.3) is 0 Å². The van der Waals surface area contributed by atoms with Gasteiger partial charge >= 0.3 is 5.97 Å². The van der Waals surface area contributed by atoms with Gasteiger partial charge in [-0.25, -0.2) is 0 Å². The number of hydrogen-bond donors (Lipinski definition) is 3. The summed E-state index contributed by atoms with van der Waals surface area (Å²) in [7, 11) is 0. The maximum Gasteiger partial charge on any atom is 0.303 e. The number of carboxylic acids is 1. The van der Waals surface area contributed by atoms with E-state index < -0.39 is 11.2 Å². The number of halogens is 1. The summed E-state index contributed by atoms with van der Waals surface area (Å²) in [5.41, 5.74) is 0.674. The Balaban J connectivity index is 1.73. The molecule has 1 atom stereocenters. The van der Waals surface area contributed by atoms with Crippen LogP contribution >= 0.6 is 23.4 Å². The number of carbonyl (C=O) groups is 3. The Morgan fingerprint density at radius 2 is 2.08 bits per heavy atom. The highest BCUT2D eigenvalue weighted by Gasteiger charge is 2.28. The Bertz CT molecular complexity index is 639. The zero-order valence-electron chi connectivity index (χ0n) is 13.0. The van der Waals surface area contributed by atoms with Crippen molar-refractivity contribution in [3.05, 3.63) is 23.2 Å². The van der Waals surface area contributed by atoms with Crippen LogP contribution in [0.2, 0.25) is 5.02 Å². The number of thioether (sulfide) groups is 1. The van der Waals surface area contributed by atoms with Crippen LogP contribution in [-0.4, -0.2) is 34.7 Å². The number of nitrogens with one attached hydrogen (secondary N) is 2. The second-order valence-electron chi connectivity index (χ2n) is 5.49. The van der Waals surface area contributed by atoms with Crippen molar-refractivity contribution < 1.29 is 19.5 Å². The number of hydrogen-bond acceptors (Lipinski definition) is 4. The van der Waals surface area contributed by atoms with Crippen LogP contribution in [0.3, 0.4) is 0 Å². The van der Waals surface area contributed by atoms with E-state index in [4.69, 9.17) is 16.7 Å². The average Bonchev–Trinajstić information content (AvgIpc) is 2.51. The van der Waals surface area contributed by atoms with Crippen LogP contribution in [0.1, 0.15) is 32.1 Å². The van der Waals surface area contributed by atoms with Crippen LogP contribution in [0.4, 0.5) is 5.69 Å². The summed E-state index contributed by atoms with van der Waals surface area (Å²) in [6.45, 7) is 0.490. The van der Waals surface area contributed by atoms with Crippen molar-refractivity contribution >= 4 is 46.8 Å². The number of anilines is 1. The topological polar surface area (TPSA) is 95.5 Å². The standard InChI is InChI=1S/C16H19ClN2O4S/c17-10-5-6-12-11(8-10)19-16(23)13(24-12)9-14(20)18-7-3-1-2-4-15(21)22/h5-6,8,13H,1-4,7,9H2,(H,18,20)(H,19,23)(H,21,22). The van der Waals surface area contributed by atoms with Crippen molar-refractivity contribution in [2.45, 2.75) is 42.2 Å². The first-order valence-electron chi connectivity index (χ1n) is 7.71. The van der Waals surface area contributed by atoms with E-state index in [1.165, 1.54) is 11.8 Å². The highest BCUT2D eigenvalue weighted by atomic mass is 35.5. The molecule has 0 radical (unpaired) electrons. The molecule has 8 heteroatoms. The zero-order chi connectivity index (χ0) is 17.5. The minimum Gasteiger partial charge on any atom is -0.481 e. The summed E-state index contributed by atoms with van der Waals surface area (Å²) in [5, 5.41) is 14.2. The molecule has 3 N–H and O–H groups in total. The van der Waals surface area contributed by atoms with Gasteiger partial charge in [0.1, 0.15) is 0 Å². The summed E-state index contributed by atoms with van der Waals surface area (Å²) < 4.78 is 0.